The van der Waals surface area contributed by atoms with Gasteiger partial charge in [-0.1, -0.05) is 6.92 Å². The van der Waals surface area contributed by atoms with E-state index in [1.54, 1.807) is 7.11 Å². The van der Waals surface area contributed by atoms with Crippen LogP contribution in [0, 0.1) is 5.41 Å². The van der Waals surface area contributed by atoms with Crippen molar-refractivity contribution in [3.63, 3.8) is 0 Å². The second-order valence-electron chi connectivity index (χ2n) is 3.38. The minimum atomic E-state index is 0.205. The van der Waals surface area contributed by atoms with Gasteiger partial charge in [-0.05, 0) is 0 Å². The topological polar surface area (TPSA) is 36.9 Å². The highest BCUT2D eigenvalue weighted by Crippen LogP contribution is 2.26. The third-order valence-electron chi connectivity index (χ3n) is 1.72. The number of ether oxygens (including phenoxy) is 4. The van der Waals surface area contributed by atoms with Crippen molar-refractivity contribution in [2.45, 2.75) is 6.92 Å². The number of hydrogen-bond acceptors (Lipinski definition) is 4. The van der Waals surface area contributed by atoms with Crippen molar-refractivity contribution in [1.29, 1.82) is 0 Å². The number of methoxy groups -OCH3 is 1. The Morgan fingerprint density at radius 3 is 2.50 bits per heavy atom. The van der Waals surface area contributed by atoms with Crippen LogP contribution < -0.4 is 0 Å². The smallest absolute Gasteiger partial charge is 0.149 e. The van der Waals surface area contributed by atoms with Gasteiger partial charge in [0.15, 0.2) is 0 Å². The Balaban J connectivity index is 1.88. The molecular formula is C8H16O4. The van der Waals surface area contributed by atoms with Crippen LogP contribution in [0.25, 0.3) is 0 Å². The van der Waals surface area contributed by atoms with E-state index in [9.17, 15) is 0 Å². The lowest BCUT2D eigenvalue weighted by molar-refractivity contribution is -0.178. The van der Waals surface area contributed by atoms with E-state index in [4.69, 9.17) is 14.2 Å². The minimum Gasteiger partial charge on any atom is -0.380 e. The lowest BCUT2D eigenvalue weighted by atomic mass is 9.90. The van der Waals surface area contributed by atoms with Crippen molar-refractivity contribution in [1.82, 2.24) is 0 Å². The van der Waals surface area contributed by atoms with E-state index in [0.717, 1.165) is 13.2 Å². The van der Waals surface area contributed by atoms with Crippen LogP contribution in [-0.2, 0) is 18.9 Å². The maximum absolute atomic E-state index is 5.26. The molecule has 72 valence electrons. The Bertz CT molecular complexity index is 122. The highest BCUT2D eigenvalue weighted by atomic mass is 16.7. The molecule has 0 atom stereocenters. The van der Waals surface area contributed by atoms with E-state index in [-0.39, 0.29) is 12.2 Å². The van der Waals surface area contributed by atoms with Crippen LogP contribution in [0.5, 0.6) is 0 Å². The van der Waals surface area contributed by atoms with Gasteiger partial charge >= 0.3 is 0 Å². The molecule has 0 bridgehead atoms. The summed E-state index contributed by atoms with van der Waals surface area (Å²) in [5.74, 6) is 0. The van der Waals surface area contributed by atoms with Gasteiger partial charge < -0.3 is 18.9 Å². The third kappa shape index (κ3) is 3.06. The molecule has 0 aliphatic carbocycles. The van der Waals surface area contributed by atoms with Gasteiger partial charge in [-0.2, -0.15) is 0 Å². The second kappa shape index (κ2) is 4.77. The molecule has 0 amide bonds. The highest BCUT2D eigenvalue weighted by Gasteiger charge is 2.33. The normalized spacial score (nSPS) is 20.5. The Morgan fingerprint density at radius 2 is 2.00 bits per heavy atom. The zero-order chi connectivity index (χ0) is 8.86. The quantitative estimate of drug-likeness (QED) is 0.439. The van der Waals surface area contributed by atoms with Crippen LogP contribution in [0.15, 0.2) is 0 Å². The molecule has 1 fully saturated rings. The molecule has 4 heteroatoms. The summed E-state index contributed by atoms with van der Waals surface area (Å²) in [5, 5.41) is 0. The van der Waals surface area contributed by atoms with Gasteiger partial charge in [0, 0.05) is 12.5 Å². The van der Waals surface area contributed by atoms with Crippen molar-refractivity contribution in [2.24, 2.45) is 5.41 Å². The van der Waals surface area contributed by atoms with Crippen molar-refractivity contribution < 1.29 is 18.9 Å². The summed E-state index contributed by atoms with van der Waals surface area (Å²) in [7, 11) is 1.58. The SMILES string of the molecule is COCOCOCC1(C)COC1. The summed E-state index contributed by atoms with van der Waals surface area (Å²) in [5.41, 5.74) is 0.205. The molecule has 0 unspecified atom stereocenters. The molecule has 0 spiro atoms. The van der Waals surface area contributed by atoms with Gasteiger partial charge in [-0.15, -0.1) is 0 Å². The Labute approximate surface area is 72.7 Å². The molecule has 0 radical (unpaired) electrons. The van der Waals surface area contributed by atoms with Crippen molar-refractivity contribution in [2.75, 3.05) is 40.5 Å². The minimum absolute atomic E-state index is 0.205. The Morgan fingerprint density at radius 1 is 1.25 bits per heavy atom. The summed E-state index contributed by atoms with van der Waals surface area (Å²) < 4.78 is 20.0. The molecular weight excluding hydrogens is 160 g/mol. The van der Waals surface area contributed by atoms with Crippen LogP contribution in [0.2, 0.25) is 0 Å². The maximum atomic E-state index is 5.26. The summed E-state index contributed by atoms with van der Waals surface area (Å²) in [4.78, 5) is 0. The van der Waals surface area contributed by atoms with E-state index in [1.165, 1.54) is 0 Å². The average molecular weight is 176 g/mol. The Kier molecular flexibility index (Phi) is 3.94. The van der Waals surface area contributed by atoms with Crippen LogP contribution in [0.4, 0.5) is 0 Å². The van der Waals surface area contributed by atoms with Gasteiger partial charge in [0.2, 0.25) is 0 Å². The van der Waals surface area contributed by atoms with Crippen LogP contribution >= 0.6 is 0 Å². The van der Waals surface area contributed by atoms with Gasteiger partial charge in [-0.25, -0.2) is 0 Å². The van der Waals surface area contributed by atoms with E-state index in [2.05, 4.69) is 11.7 Å². The molecule has 0 aromatic carbocycles. The summed E-state index contributed by atoms with van der Waals surface area (Å²) in [6.45, 7) is 4.98. The molecule has 4 nitrogen and oxygen atoms in total. The maximum Gasteiger partial charge on any atom is 0.149 e. The predicted molar refractivity (Wildman–Crippen MR) is 42.7 cm³/mol. The molecule has 0 aromatic heterocycles. The molecule has 0 saturated carbocycles. The highest BCUT2D eigenvalue weighted by molar-refractivity contribution is 4.79. The fourth-order valence-corrected chi connectivity index (χ4v) is 0.998. The largest absolute Gasteiger partial charge is 0.380 e. The first-order valence-electron chi connectivity index (χ1n) is 3.99. The molecule has 1 aliphatic heterocycles. The van der Waals surface area contributed by atoms with Crippen LogP contribution in [0.3, 0.4) is 0 Å². The van der Waals surface area contributed by atoms with E-state index in [0.29, 0.717) is 13.4 Å². The average Bonchev–Trinajstić information content (AvgIpc) is 2.01. The molecule has 1 rings (SSSR count). The van der Waals surface area contributed by atoms with Crippen molar-refractivity contribution in [3.05, 3.63) is 0 Å². The molecule has 0 aromatic rings. The Hall–Kier alpha value is -0.160. The summed E-state index contributed by atoms with van der Waals surface area (Å²) >= 11 is 0. The van der Waals surface area contributed by atoms with Crippen molar-refractivity contribution >= 4 is 0 Å². The standard InChI is InChI=1S/C8H16O4/c1-8(3-10-4-8)5-11-7-12-6-9-2/h3-7H2,1-2H3. The molecule has 0 N–H and O–H groups in total. The first kappa shape index (κ1) is 9.92. The van der Waals surface area contributed by atoms with E-state index in [1.807, 2.05) is 0 Å². The fourth-order valence-electron chi connectivity index (χ4n) is 0.998. The monoisotopic (exact) mass is 176 g/mol. The zero-order valence-electron chi connectivity index (χ0n) is 7.67. The first-order chi connectivity index (χ1) is 5.77. The summed E-state index contributed by atoms with van der Waals surface area (Å²) in [6, 6.07) is 0. The van der Waals surface area contributed by atoms with Gasteiger partial charge in [-0.3, -0.25) is 0 Å². The van der Waals surface area contributed by atoms with E-state index < -0.39 is 0 Å². The van der Waals surface area contributed by atoms with E-state index >= 15 is 0 Å². The van der Waals surface area contributed by atoms with Gasteiger partial charge in [0.1, 0.15) is 13.6 Å². The van der Waals surface area contributed by atoms with Crippen LogP contribution in [0.1, 0.15) is 6.92 Å². The molecule has 1 heterocycles. The molecule has 12 heavy (non-hydrogen) atoms. The number of rotatable bonds is 6. The fraction of sp³-hybridized carbons (Fsp3) is 1.00. The molecule has 1 saturated heterocycles. The van der Waals surface area contributed by atoms with Gasteiger partial charge in [0.05, 0.1) is 19.8 Å². The first-order valence-corrected chi connectivity index (χ1v) is 3.99. The van der Waals surface area contributed by atoms with Crippen LogP contribution in [-0.4, -0.2) is 40.5 Å². The lowest BCUT2D eigenvalue weighted by Gasteiger charge is -2.37. The second-order valence-corrected chi connectivity index (χ2v) is 3.38. The zero-order valence-corrected chi connectivity index (χ0v) is 7.67. The van der Waals surface area contributed by atoms with Gasteiger partial charge in [0.25, 0.3) is 0 Å². The number of hydrogen-bond donors (Lipinski definition) is 0. The summed E-state index contributed by atoms with van der Waals surface area (Å²) in [6.07, 6.45) is 0. The van der Waals surface area contributed by atoms with Crippen molar-refractivity contribution in [3.8, 4) is 0 Å². The predicted octanol–water partition coefficient (Wildman–Crippen LogP) is 0.618. The third-order valence-corrected chi connectivity index (χ3v) is 1.72. The molecule has 1 aliphatic rings. The lowest BCUT2D eigenvalue weighted by Crippen LogP contribution is -2.43.